The largest absolute Gasteiger partial charge is 0.413 e. The molecule has 0 saturated carbocycles. The van der Waals surface area contributed by atoms with E-state index in [1.165, 1.54) is 0 Å². The molecule has 0 aliphatic rings. The van der Waals surface area contributed by atoms with Gasteiger partial charge in [-0.1, -0.05) is 48.5 Å². The first-order valence-electron chi connectivity index (χ1n) is 7.45. The maximum absolute atomic E-state index is 12.1. The van der Waals surface area contributed by atoms with Crippen LogP contribution in [0.15, 0.2) is 60.7 Å². The number of para-hydroxylation sites is 1. The summed E-state index contributed by atoms with van der Waals surface area (Å²) in [5.74, 6) is 0.154. The van der Waals surface area contributed by atoms with Crippen LogP contribution in [0, 0.1) is 0 Å². The van der Waals surface area contributed by atoms with Gasteiger partial charge in [-0.2, -0.15) is 0 Å². The number of carbonyl (C=O) groups is 2. The molecule has 2 N–H and O–H groups in total. The number of amides is 2. The van der Waals surface area contributed by atoms with E-state index in [0.717, 1.165) is 5.56 Å². The maximum atomic E-state index is 12.1. The van der Waals surface area contributed by atoms with Gasteiger partial charge in [0.25, 0.3) is 0 Å². The number of benzene rings is 2. The van der Waals surface area contributed by atoms with E-state index in [-0.39, 0.29) is 11.9 Å². The number of hydrogen-bond donors (Lipinski definition) is 2. The third-order valence-corrected chi connectivity index (χ3v) is 3.34. The summed E-state index contributed by atoms with van der Waals surface area (Å²) in [6, 6.07) is 17.5. The van der Waals surface area contributed by atoms with E-state index in [2.05, 4.69) is 10.6 Å². The minimum Gasteiger partial charge on any atom is -0.410 e. The second-order valence-electron chi connectivity index (χ2n) is 5.21. The Hall–Kier alpha value is -2.82. The Labute approximate surface area is 135 Å². The van der Waals surface area contributed by atoms with Crippen molar-refractivity contribution in [1.82, 2.24) is 10.6 Å². The molecule has 5 nitrogen and oxygen atoms in total. The van der Waals surface area contributed by atoms with Gasteiger partial charge >= 0.3 is 6.09 Å². The predicted molar refractivity (Wildman–Crippen MR) is 88.1 cm³/mol. The lowest BCUT2D eigenvalue weighted by Gasteiger charge is -2.18. The zero-order chi connectivity index (χ0) is 16.7. The quantitative estimate of drug-likeness (QED) is 0.891. The van der Waals surface area contributed by atoms with Crippen molar-refractivity contribution < 1.29 is 14.3 Å². The first-order valence-corrected chi connectivity index (χ1v) is 7.45. The molecule has 0 radical (unpaired) electrons. The SMILES string of the molecule is C[C@H](NC(=O)Oc1ccccc1)C(=O)N[C@H](C)c1ccccc1. The highest BCUT2D eigenvalue weighted by Crippen LogP contribution is 2.11. The second-order valence-corrected chi connectivity index (χ2v) is 5.21. The standard InChI is InChI=1S/C18H20N2O3/c1-13(15-9-5-3-6-10-15)19-17(21)14(2)20-18(22)23-16-11-7-4-8-12-16/h3-14H,1-2H3,(H,19,21)(H,20,22)/t13-,14+/m1/s1. The number of ether oxygens (including phenoxy) is 1. The molecule has 120 valence electrons. The van der Waals surface area contributed by atoms with Crippen molar-refractivity contribution in [1.29, 1.82) is 0 Å². The van der Waals surface area contributed by atoms with E-state index in [9.17, 15) is 9.59 Å². The first kappa shape index (κ1) is 16.5. The summed E-state index contributed by atoms with van der Waals surface area (Å²) < 4.78 is 5.09. The molecular weight excluding hydrogens is 292 g/mol. The van der Waals surface area contributed by atoms with Gasteiger partial charge in [-0.3, -0.25) is 4.79 Å². The third-order valence-electron chi connectivity index (χ3n) is 3.34. The number of hydrogen-bond acceptors (Lipinski definition) is 3. The molecule has 0 heterocycles. The molecule has 2 rings (SSSR count). The van der Waals surface area contributed by atoms with Crippen LogP contribution in [0.1, 0.15) is 25.5 Å². The summed E-state index contributed by atoms with van der Waals surface area (Å²) in [4.78, 5) is 23.9. The van der Waals surface area contributed by atoms with Crippen LogP contribution in [-0.2, 0) is 4.79 Å². The summed E-state index contributed by atoms with van der Waals surface area (Å²) in [6.45, 7) is 3.50. The monoisotopic (exact) mass is 312 g/mol. The lowest BCUT2D eigenvalue weighted by Crippen LogP contribution is -2.46. The Morgan fingerprint density at radius 1 is 0.870 bits per heavy atom. The lowest BCUT2D eigenvalue weighted by atomic mass is 10.1. The van der Waals surface area contributed by atoms with Gasteiger partial charge in [-0.05, 0) is 31.5 Å². The van der Waals surface area contributed by atoms with Gasteiger partial charge in [-0.15, -0.1) is 0 Å². The number of nitrogens with one attached hydrogen (secondary N) is 2. The molecule has 0 unspecified atom stereocenters. The van der Waals surface area contributed by atoms with Crippen LogP contribution in [-0.4, -0.2) is 18.0 Å². The van der Waals surface area contributed by atoms with Gasteiger partial charge in [0.2, 0.25) is 5.91 Å². The Bertz CT molecular complexity index is 644. The van der Waals surface area contributed by atoms with Crippen molar-refractivity contribution in [2.75, 3.05) is 0 Å². The molecule has 2 atom stereocenters. The van der Waals surface area contributed by atoms with Gasteiger partial charge in [0.15, 0.2) is 0 Å². The van der Waals surface area contributed by atoms with E-state index in [1.54, 1.807) is 31.2 Å². The van der Waals surface area contributed by atoms with Gasteiger partial charge in [0.1, 0.15) is 11.8 Å². The fourth-order valence-corrected chi connectivity index (χ4v) is 2.03. The predicted octanol–water partition coefficient (Wildman–Crippen LogP) is 3.04. The van der Waals surface area contributed by atoms with Gasteiger partial charge in [0.05, 0.1) is 6.04 Å². The molecular formula is C18H20N2O3. The third kappa shape index (κ3) is 5.14. The highest BCUT2D eigenvalue weighted by atomic mass is 16.6. The first-order chi connectivity index (χ1) is 11.1. The smallest absolute Gasteiger partial charge is 0.410 e. The Kier molecular flexibility index (Phi) is 5.74. The molecule has 0 aliphatic heterocycles. The van der Waals surface area contributed by atoms with Crippen LogP contribution < -0.4 is 15.4 Å². The number of rotatable bonds is 5. The summed E-state index contributed by atoms with van der Waals surface area (Å²) in [5, 5.41) is 5.37. The Morgan fingerprint density at radius 3 is 2.04 bits per heavy atom. The maximum Gasteiger partial charge on any atom is 0.413 e. The highest BCUT2D eigenvalue weighted by Gasteiger charge is 2.18. The van der Waals surface area contributed by atoms with Crippen molar-refractivity contribution in [3.05, 3.63) is 66.2 Å². The summed E-state index contributed by atoms with van der Waals surface area (Å²) in [7, 11) is 0. The fourth-order valence-electron chi connectivity index (χ4n) is 2.03. The van der Waals surface area contributed by atoms with E-state index in [4.69, 9.17) is 4.74 Å². The molecule has 0 bridgehead atoms. The van der Waals surface area contributed by atoms with Gasteiger partial charge in [0, 0.05) is 0 Å². The van der Waals surface area contributed by atoms with Crippen molar-refractivity contribution in [2.45, 2.75) is 25.9 Å². The molecule has 0 spiro atoms. The van der Waals surface area contributed by atoms with Crippen molar-refractivity contribution in [3.63, 3.8) is 0 Å². The minimum atomic E-state index is -0.697. The molecule has 5 heteroatoms. The second kappa shape index (κ2) is 7.98. The van der Waals surface area contributed by atoms with Crippen LogP contribution in [0.2, 0.25) is 0 Å². The van der Waals surface area contributed by atoms with Crippen molar-refractivity contribution in [3.8, 4) is 5.75 Å². The minimum absolute atomic E-state index is 0.141. The van der Waals surface area contributed by atoms with E-state index >= 15 is 0 Å². The molecule has 0 fully saturated rings. The van der Waals surface area contributed by atoms with Crippen LogP contribution in [0.5, 0.6) is 5.75 Å². The highest BCUT2D eigenvalue weighted by molar-refractivity contribution is 5.85. The zero-order valence-corrected chi connectivity index (χ0v) is 13.2. The average Bonchev–Trinajstić information content (AvgIpc) is 2.56. The molecule has 2 amide bonds. The van der Waals surface area contributed by atoms with Gasteiger partial charge < -0.3 is 15.4 Å². The van der Waals surface area contributed by atoms with E-state index in [1.807, 2.05) is 43.3 Å². The van der Waals surface area contributed by atoms with E-state index in [0.29, 0.717) is 5.75 Å². The van der Waals surface area contributed by atoms with Crippen molar-refractivity contribution >= 4 is 12.0 Å². The van der Waals surface area contributed by atoms with Crippen LogP contribution in [0.4, 0.5) is 4.79 Å². The fraction of sp³-hybridized carbons (Fsp3) is 0.222. The van der Waals surface area contributed by atoms with Crippen LogP contribution >= 0.6 is 0 Å². The van der Waals surface area contributed by atoms with Crippen LogP contribution in [0.25, 0.3) is 0 Å². The summed E-state index contributed by atoms with van der Waals surface area (Å²) in [6.07, 6.45) is -0.661. The number of carbonyl (C=O) groups excluding carboxylic acids is 2. The van der Waals surface area contributed by atoms with Gasteiger partial charge in [-0.25, -0.2) is 4.79 Å². The Balaban J connectivity index is 1.84. The topological polar surface area (TPSA) is 67.4 Å². The molecule has 0 saturated heterocycles. The lowest BCUT2D eigenvalue weighted by molar-refractivity contribution is -0.123. The van der Waals surface area contributed by atoms with Crippen molar-refractivity contribution in [2.24, 2.45) is 0 Å². The average molecular weight is 312 g/mol. The molecule has 2 aromatic carbocycles. The Morgan fingerprint density at radius 2 is 1.43 bits per heavy atom. The molecule has 0 aromatic heterocycles. The normalized spacial score (nSPS) is 12.8. The summed E-state index contributed by atoms with van der Waals surface area (Å²) in [5.41, 5.74) is 1.000. The van der Waals surface area contributed by atoms with Crippen LogP contribution in [0.3, 0.4) is 0 Å². The zero-order valence-electron chi connectivity index (χ0n) is 13.2. The van der Waals surface area contributed by atoms with E-state index < -0.39 is 12.1 Å². The molecule has 0 aliphatic carbocycles. The molecule has 23 heavy (non-hydrogen) atoms. The summed E-state index contributed by atoms with van der Waals surface area (Å²) >= 11 is 0. The molecule has 2 aromatic rings.